The van der Waals surface area contributed by atoms with Crippen LogP contribution in [0, 0.1) is 6.92 Å². The summed E-state index contributed by atoms with van der Waals surface area (Å²) in [6, 6.07) is 14.7. The lowest BCUT2D eigenvalue weighted by atomic mass is 10.1. The van der Waals surface area contributed by atoms with Gasteiger partial charge in [0.25, 0.3) is 5.91 Å². The Kier molecular flexibility index (Phi) is 7.65. The van der Waals surface area contributed by atoms with Crippen molar-refractivity contribution in [2.24, 2.45) is 0 Å². The zero-order valence-electron chi connectivity index (χ0n) is 18.9. The van der Waals surface area contributed by atoms with Gasteiger partial charge in [0.15, 0.2) is 15.7 Å². The number of rotatable bonds is 9. The summed E-state index contributed by atoms with van der Waals surface area (Å²) >= 11 is 0. The van der Waals surface area contributed by atoms with Crippen molar-refractivity contribution in [2.45, 2.75) is 38.5 Å². The van der Waals surface area contributed by atoms with E-state index >= 15 is 0 Å². The number of sulfone groups is 1. The number of hydrogen-bond acceptors (Lipinski definition) is 6. The second-order valence-electron chi connectivity index (χ2n) is 7.60. The van der Waals surface area contributed by atoms with Crippen molar-refractivity contribution in [3.05, 3.63) is 71.5 Å². The lowest BCUT2D eigenvalue weighted by molar-refractivity contribution is -0.115. The largest absolute Gasteiger partial charge is 0.360 e. The van der Waals surface area contributed by atoms with E-state index in [0.29, 0.717) is 34.9 Å². The van der Waals surface area contributed by atoms with E-state index in [4.69, 9.17) is 4.52 Å². The first-order valence-electron chi connectivity index (χ1n) is 10.7. The Hall–Kier alpha value is -3.46. The highest BCUT2D eigenvalue weighted by molar-refractivity contribution is 7.91. The molecular weight excluding hydrogens is 442 g/mol. The van der Waals surface area contributed by atoms with Crippen molar-refractivity contribution in [1.29, 1.82) is 0 Å². The number of nitrogens with one attached hydrogen (secondary N) is 1. The van der Waals surface area contributed by atoms with E-state index in [9.17, 15) is 18.0 Å². The molecule has 1 heterocycles. The van der Waals surface area contributed by atoms with Crippen molar-refractivity contribution in [1.82, 2.24) is 5.16 Å². The summed E-state index contributed by atoms with van der Waals surface area (Å²) in [7, 11) is -3.27. The highest BCUT2D eigenvalue weighted by Crippen LogP contribution is 2.19. The fourth-order valence-electron chi connectivity index (χ4n) is 3.25. The van der Waals surface area contributed by atoms with Crippen molar-refractivity contribution in [3.8, 4) is 0 Å². The Morgan fingerprint density at radius 1 is 1.03 bits per heavy atom. The fourth-order valence-corrected chi connectivity index (χ4v) is 4.13. The number of benzene rings is 2. The lowest BCUT2D eigenvalue weighted by Crippen LogP contribution is -2.32. The van der Waals surface area contributed by atoms with Crippen LogP contribution in [0.2, 0.25) is 0 Å². The van der Waals surface area contributed by atoms with Crippen LogP contribution in [-0.2, 0) is 21.1 Å². The zero-order valence-corrected chi connectivity index (χ0v) is 19.7. The number of aromatic nitrogens is 1. The molecule has 0 aliphatic heterocycles. The predicted octanol–water partition coefficient (Wildman–Crippen LogP) is 4.01. The van der Waals surface area contributed by atoms with E-state index in [1.165, 1.54) is 12.1 Å². The molecular formula is C24H27N3O5S. The van der Waals surface area contributed by atoms with Gasteiger partial charge < -0.3 is 9.84 Å². The molecule has 0 spiro atoms. The molecule has 0 radical (unpaired) electrons. The van der Waals surface area contributed by atoms with Gasteiger partial charge in [-0.15, -0.1) is 0 Å². The van der Waals surface area contributed by atoms with Gasteiger partial charge in [-0.25, -0.2) is 8.42 Å². The van der Waals surface area contributed by atoms with Crippen LogP contribution in [0.15, 0.2) is 64.0 Å². The Morgan fingerprint density at radius 2 is 1.70 bits per heavy atom. The molecule has 0 saturated carbocycles. The van der Waals surface area contributed by atoms with Gasteiger partial charge in [-0.1, -0.05) is 31.1 Å². The summed E-state index contributed by atoms with van der Waals surface area (Å²) in [5, 5.41) is 6.73. The molecule has 0 aliphatic carbocycles. The molecule has 2 aromatic carbocycles. The molecule has 9 heteroatoms. The maximum atomic E-state index is 13.0. The minimum absolute atomic E-state index is 0.0275. The Bertz CT molecular complexity index is 1220. The summed E-state index contributed by atoms with van der Waals surface area (Å²) in [6.07, 6.45) is 0.861. The average Bonchev–Trinajstić information content (AvgIpc) is 3.23. The maximum absolute atomic E-state index is 13.0. The van der Waals surface area contributed by atoms with Gasteiger partial charge in [0.05, 0.1) is 17.1 Å². The van der Waals surface area contributed by atoms with Crippen molar-refractivity contribution >= 4 is 33.2 Å². The molecule has 3 rings (SSSR count). The van der Waals surface area contributed by atoms with Crippen LogP contribution in [0.5, 0.6) is 0 Å². The third-order valence-corrected chi connectivity index (χ3v) is 6.78. The normalized spacial score (nSPS) is 11.2. The molecule has 0 fully saturated rings. The minimum Gasteiger partial charge on any atom is -0.360 e. The Balaban J connectivity index is 1.64. The molecule has 0 unspecified atom stereocenters. The Morgan fingerprint density at radius 3 is 2.24 bits per heavy atom. The van der Waals surface area contributed by atoms with E-state index < -0.39 is 9.84 Å². The van der Waals surface area contributed by atoms with E-state index in [1.807, 2.05) is 6.92 Å². The number of anilines is 2. The van der Waals surface area contributed by atoms with Crippen LogP contribution in [0.1, 0.15) is 41.9 Å². The van der Waals surface area contributed by atoms with E-state index in [2.05, 4.69) is 10.5 Å². The average molecular weight is 470 g/mol. The molecule has 2 amide bonds. The number of amides is 2. The first-order chi connectivity index (χ1) is 15.7. The van der Waals surface area contributed by atoms with Crippen molar-refractivity contribution < 1.29 is 22.5 Å². The molecule has 1 N–H and O–H groups in total. The van der Waals surface area contributed by atoms with E-state index in [-0.39, 0.29) is 28.9 Å². The van der Waals surface area contributed by atoms with Gasteiger partial charge >= 0.3 is 0 Å². The number of hydrogen-bond donors (Lipinski definition) is 1. The predicted molar refractivity (Wildman–Crippen MR) is 126 cm³/mol. The van der Waals surface area contributed by atoms with Gasteiger partial charge in [0.1, 0.15) is 5.76 Å². The third-order valence-electron chi connectivity index (χ3n) is 5.03. The number of aryl methyl sites for hydroxylation is 1. The molecule has 174 valence electrons. The van der Waals surface area contributed by atoms with Crippen LogP contribution in [0.3, 0.4) is 0 Å². The second-order valence-corrected chi connectivity index (χ2v) is 9.88. The van der Waals surface area contributed by atoms with Gasteiger partial charge in [-0.3, -0.25) is 14.5 Å². The first kappa shape index (κ1) is 24.2. The summed E-state index contributed by atoms with van der Waals surface area (Å²) < 4.78 is 28.9. The molecule has 0 aliphatic rings. The molecule has 0 saturated heterocycles. The summed E-state index contributed by atoms with van der Waals surface area (Å²) in [6.45, 7) is 5.83. The molecule has 33 heavy (non-hydrogen) atoms. The Labute approximate surface area is 193 Å². The van der Waals surface area contributed by atoms with Gasteiger partial charge in [0, 0.05) is 23.9 Å². The molecule has 1 aromatic heterocycles. The van der Waals surface area contributed by atoms with E-state index in [1.54, 1.807) is 61.2 Å². The smallest absolute Gasteiger partial charge is 0.259 e. The summed E-state index contributed by atoms with van der Waals surface area (Å²) in [4.78, 5) is 27.2. The summed E-state index contributed by atoms with van der Waals surface area (Å²) in [5.41, 5.74) is 1.73. The quantitative estimate of drug-likeness (QED) is 0.507. The minimum atomic E-state index is -3.27. The third kappa shape index (κ3) is 6.07. The zero-order chi connectivity index (χ0) is 24.0. The number of carbonyl (C=O) groups is 2. The molecule has 0 bridgehead atoms. The maximum Gasteiger partial charge on any atom is 0.259 e. The first-order valence-corrected chi connectivity index (χ1v) is 12.4. The SMILES string of the molecule is CCCN(C(=O)c1ccc(NC(=O)Cc2ccc(S(=O)(=O)CC)cc2)cc1)c1cc(C)on1. The number of nitrogens with zero attached hydrogens (tertiary/aromatic N) is 2. The topological polar surface area (TPSA) is 110 Å². The van der Waals surface area contributed by atoms with Crippen LogP contribution < -0.4 is 10.2 Å². The molecule has 3 aromatic rings. The number of carbonyl (C=O) groups excluding carboxylic acids is 2. The monoisotopic (exact) mass is 469 g/mol. The molecule has 0 atom stereocenters. The van der Waals surface area contributed by atoms with Crippen LogP contribution >= 0.6 is 0 Å². The van der Waals surface area contributed by atoms with Crippen molar-refractivity contribution in [3.63, 3.8) is 0 Å². The highest BCUT2D eigenvalue weighted by atomic mass is 32.2. The fraction of sp³-hybridized carbons (Fsp3) is 0.292. The van der Waals surface area contributed by atoms with Gasteiger partial charge in [0.2, 0.25) is 5.91 Å². The van der Waals surface area contributed by atoms with Crippen molar-refractivity contribution in [2.75, 3.05) is 22.5 Å². The highest BCUT2D eigenvalue weighted by Gasteiger charge is 2.20. The lowest BCUT2D eigenvalue weighted by Gasteiger charge is -2.19. The standard InChI is InChI=1S/C24H27N3O5S/c1-4-14-27(22-15-17(3)32-26-22)24(29)19-8-10-20(11-9-19)25-23(28)16-18-6-12-21(13-7-18)33(30,31)5-2/h6-13,15H,4-5,14,16H2,1-3H3,(H,25,28). The van der Waals surface area contributed by atoms with Gasteiger partial charge in [-0.05, 0) is 55.3 Å². The summed E-state index contributed by atoms with van der Waals surface area (Å²) in [5.74, 6) is 0.670. The second kappa shape index (κ2) is 10.4. The van der Waals surface area contributed by atoms with Crippen LogP contribution in [-0.4, -0.2) is 37.7 Å². The van der Waals surface area contributed by atoms with Gasteiger partial charge in [-0.2, -0.15) is 0 Å². The van der Waals surface area contributed by atoms with Crippen LogP contribution in [0.4, 0.5) is 11.5 Å². The van der Waals surface area contributed by atoms with Crippen LogP contribution in [0.25, 0.3) is 0 Å². The van der Waals surface area contributed by atoms with E-state index in [0.717, 1.165) is 6.42 Å². The molecule has 8 nitrogen and oxygen atoms in total.